The SMILES string of the molecule is CCCCCC/C=C\CCCC(=O)NC(CO)C(O)/C=C/CCCCCCCCCCCCCCCC. The van der Waals surface area contributed by atoms with Crippen LogP contribution >= 0.6 is 0 Å². The topological polar surface area (TPSA) is 69.6 Å². The van der Waals surface area contributed by atoms with Crippen molar-refractivity contribution >= 4 is 5.91 Å². The minimum absolute atomic E-state index is 0.102. The summed E-state index contributed by atoms with van der Waals surface area (Å²) in [6, 6.07) is -0.630. The van der Waals surface area contributed by atoms with Crippen molar-refractivity contribution in [2.24, 2.45) is 0 Å². The Morgan fingerprint density at radius 3 is 1.51 bits per heavy atom. The molecule has 1 amide bonds. The number of rotatable bonds is 28. The Balaban J connectivity index is 3.67. The van der Waals surface area contributed by atoms with Crippen molar-refractivity contribution in [3.63, 3.8) is 0 Å². The van der Waals surface area contributed by atoms with E-state index in [1.165, 1.54) is 109 Å². The van der Waals surface area contributed by atoms with Crippen LogP contribution in [-0.4, -0.2) is 34.9 Å². The summed E-state index contributed by atoms with van der Waals surface area (Å²) in [7, 11) is 0. The maximum Gasteiger partial charge on any atom is 0.220 e. The predicted octanol–water partition coefficient (Wildman–Crippen LogP) is 8.95. The normalized spacial score (nSPS) is 13.5. The Hall–Kier alpha value is -1.13. The molecule has 0 saturated carbocycles. The number of hydrogen-bond donors (Lipinski definition) is 3. The van der Waals surface area contributed by atoms with Gasteiger partial charge in [-0.15, -0.1) is 0 Å². The quantitative estimate of drug-likeness (QED) is 0.0711. The van der Waals surface area contributed by atoms with Gasteiger partial charge >= 0.3 is 0 Å². The smallest absolute Gasteiger partial charge is 0.220 e. The summed E-state index contributed by atoms with van der Waals surface area (Å²) < 4.78 is 0. The van der Waals surface area contributed by atoms with Crippen LogP contribution in [0.25, 0.3) is 0 Å². The third kappa shape index (κ3) is 26.3. The number of carbonyl (C=O) groups is 1. The molecule has 0 aliphatic rings. The van der Waals surface area contributed by atoms with Crippen LogP contribution in [0, 0.1) is 0 Å². The predicted molar refractivity (Wildman–Crippen MR) is 161 cm³/mol. The van der Waals surface area contributed by atoms with E-state index in [0.29, 0.717) is 6.42 Å². The third-order valence-electron chi connectivity index (χ3n) is 7.18. The lowest BCUT2D eigenvalue weighted by molar-refractivity contribution is -0.122. The Bertz CT molecular complexity index is 532. The van der Waals surface area contributed by atoms with Crippen molar-refractivity contribution in [3.8, 4) is 0 Å². The molecule has 0 aromatic rings. The summed E-state index contributed by atoms with van der Waals surface area (Å²) in [5, 5.41) is 22.7. The molecule has 0 rings (SSSR count). The third-order valence-corrected chi connectivity index (χ3v) is 7.18. The lowest BCUT2D eigenvalue weighted by Crippen LogP contribution is -2.45. The lowest BCUT2D eigenvalue weighted by Gasteiger charge is -2.19. The highest BCUT2D eigenvalue weighted by Gasteiger charge is 2.17. The lowest BCUT2D eigenvalue weighted by atomic mass is 10.0. The number of allylic oxidation sites excluding steroid dienone is 3. The summed E-state index contributed by atoms with van der Waals surface area (Å²) >= 11 is 0. The minimum Gasteiger partial charge on any atom is -0.394 e. The summed E-state index contributed by atoms with van der Waals surface area (Å²) in [5.74, 6) is -0.102. The van der Waals surface area contributed by atoms with Crippen LogP contribution < -0.4 is 5.32 Å². The molecule has 0 spiro atoms. The van der Waals surface area contributed by atoms with E-state index < -0.39 is 12.1 Å². The Kier molecular flexibility index (Phi) is 28.5. The molecule has 0 saturated heterocycles. The first-order valence-electron chi connectivity index (χ1n) is 16.1. The molecule has 37 heavy (non-hydrogen) atoms. The highest BCUT2D eigenvalue weighted by atomic mass is 16.3. The molecule has 0 aliphatic carbocycles. The summed E-state index contributed by atoms with van der Waals surface area (Å²) in [5.41, 5.74) is 0. The number of nitrogens with one attached hydrogen (secondary N) is 1. The van der Waals surface area contributed by atoms with E-state index in [1.807, 2.05) is 6.08 Å². The molecule has 0 aromatic heterocycles. The first kappa shape index (κ1) is 35.9. The molecular formula is C33H63NO3. The molecule has 2 unspecified atom stereocenters. The van der Waals surface area contributed by atoms with Gasteiger partial charge in [-0.1, -0.05) is 141 Å². The van der Waals surface area contributed by atoms with E-state index in [4.69, 9.17) is 0 Å². The van der Waals surface area contributed by atoms with Crippen LogP contribution in [0.15, 0.2) is 24.3 Å². The monoisotopic (exact) mass is 521 g/mol. The van der Waals surface area contributed by atoms with E-state index in [0.717, 1.165) is 32.1 Å². The zero-order valence-corrected chi connectivity index (χ0v) is 24.7. The van der Waals surface area contributed by atoms with Gasteiger partial charge in [0, 0.05) is 6.42 Å². The van der Waals surface area contributed by atoms with Crippen LogP contribution in [0.2, 0.25) is 0 Å². The maximum atomic E-state index is 12.2. The molecule has 4 heteroatoms. The van der Waals surface area contributed by atoms with Crippen molar-refractivity contribution in [3.05, 3.63) is 24.3 Å². The second-order valence-corrected chi connectivity index (χ2v) is 10.9. The largest absolute Gasteiger partial charge is 0.394 e. The fourth-order valence-electron chi connectivity index (χ4n) is 4.65. The van der Waals surface area contributed by atoms with Gasteiger partial charge in [0.2, 0.25) is 5.91 Å². The number of aliphatic hydroxyl groups is 2. The fraction of sp³-hybridized carbons (Fsp3) is 0.848. The summed E-state index contributed by atoms with van der Waals surface area (Å²) in [6.07, 6.45) is 35.5. The van der Waals surface area contributed by atoms with Gasteiger partial charge in [0.25, 0.3) is 0 Å². The van der Waals surface area contributed by atoms with Gasteiger partial charge in [0.15, 0.2) is 0 Å². The van der Waals surface area contributed by atoms with E-state index in [9.17, 15) is 15.0 Å². The number of unbranched alkanes of at least 4 members (excludes halogenated alkanes) is 19. The first-order chi connectivity index (χ1) is 18.2. The number of aliphatic hydroxyl groups excluding tert-OH is 2. The van der Waals surface area contributed by atoms with Crippen molar-refractivity contribution in [2.75, 3.05) is 6.61 Å². The molecule has 4 nitrogen and oxygen atoms in total. The van der Waals surface area contributed by atoms with Crippen LogP contribution in [0.3, 0.4) is 0 Å². The zero-order chi connectivity index (χ0) is 27.2. The average Bonchev–Trinajstić information content (AvgIpc) is 2.90. The van der Waals surface area contributed by atoms with Gasteiger partial charge in [-0.3, -0.25) is 4.79 Å². The number of carbonyl (C=O) groups excluding carboxylic acids is 1. The average molecular weight is 522 g/mol. The minimum atomic E-state index is -0.844. The van der Waals surface area contributed by atoms with Crippen LogP contribution in [-0.2, 0) is 4.79 Å². The van der Waals surface area contributed by atoms with Gasteiger partial charge in [-0.25, -0.2) is 0 Å². The van der Waals surface area contributed by atoms with Gasteiger partial charge in [-0.2, -0.15) is 0 Å². The molecule has 0 aliphatic heterocycles. The Morgan fingerprint density at radius 1 is 0.622 bits per heavy atom. The van der Waals surface area contributed by atoms with Crippen LogP contribution in [0.4, 0.5) is 0 Å². The second kappa shape index (κ2) is 29.4. The Morgan fingerprint density at radius 2 is 1.03 bits per heavy atom. The molecular weight excluding hydrogens is 458 g/mol. The molecule has 2 atom stereocenters. The van der Waals surface area contributed by atoms with Gasteiger partial charge in [-0.05, 0) is 38.5 Å². The van der Waals surface area contributed by atoms with E-state index in [2.05, 4.69) is 31.3 Å². The first-order valence-corrected chi connectivity index (χ1v) is 16.1. The number of hydrogen-bond acceptors (Lipinski definition) is 3. The van der Waals surface area contributed by atoms with Crippen molar-refractivity contribution in [1.82, 2.24) is 5.32 Å². The maximum absolute atomic E-state index is 12.2. The van der Waals surface area contributed by atoms with Crippen molar-refractivity contribution in [1.29, 1.82) is 0 Å². The van der Waals surface area contributed by atoms with Gasteiger partial charge in [0.05, 0.1) is 18.8 Å². The molecule has 0 heterocycles. The fourth-order valence-corrected chi connectivity index (χ4v) is 4.65. The highest BCUT2D eigenvalue weighted by molar-refractivity contribution is 5.76. The van der Waals surface area contributed by atoms with Crippen LogP contribution in [0.5, 0.6) is 0 Å². The molecule has 218 valence electrons. The molecule has 3 N–H and O–H groups in total. The molecule has 0 aromatic carbocycles. The standard InChI is InChI=1S/C33H63NO3/c1-3-5-7-9-11-13-14-15-16-17-18-19-21-22-24-26-28-32(36)31(30-35)34-33(37)29-27-25-23-20-12-10-8-6-4-2/h20,23,26,28,31-32,35-36H,3-19,21-22,24-25,27,29-30H2,1-2H3,(H,34,37)/b23-20-,28-26+. The zero-order valence-electron chi connectivity index (χ0n) is 24.7. The van der Waals surface area contributed by atoms with Crippen molar-refractivity contribution < 1.29 is 15.0 Å². The van der Waals surface area contributed by atoms with Gasteiger partial charge < -0.3 is 15.5 Å². The Labute approximate surface area is 230 Å². The highest BCUT2D eigenvalue weighted by Crippen LogP contribution is 2.13. The van der Waals surface area contributed by atoms with Gasteiger partial charge in [0.1, 0.15) is 0 Å². The summed E-state index contributed by atoms with van der Waals surface area (Å²) in [4.78, 5) is 12.2. The van der Waals surface area contributed by atoms with E-state index in [-0.39, 0.29) is 12.5 Å². The van der Waals surface area contributed by atoms with E-state index >= 15 is 0 Å². The molecule has 0 radical (unpaired) electrons. The van der Waals surface area contributed by atoms with Crippen LogP contribution in [0.1, 0.15) is 162 Å². The molecule has 0 bridgehead atoms. The second-order valence-electron chi connectivity index (χ2n) is 10.9. The number of amides is 1. The van der Waals surface area contributed by atoms with E-state index in [1.54, 1.807) is 6.08 Å². The van der Waals surface area contributed by atoms with Crippen molar-refractivity contribution in [2.45, 2.75) is 174 Å². The molecule has 0 fully saturated rings. The summed E-state index contributed by atoms with van der Waals surface area (Å²) in [6.45, 7) is 4.24.